The maximum absolute atomic E-state index is 3.32. The van der Waals surface area contributed by atoms with Crippen LogP contribution in [0.3, 0.4) is 0 Å². The molecule has 2 radical (unpaired) electrons. The van der Waals surface area contributed by atoms with Crippen molar-refractivity contribution < 1.29 is 0 Å². The Balaban J connectivity index is 1.71. The third kappa shape index (κ3) is 2.67. The van der Waals surface area contributed by atoms with Gasteiger partial charge in [-0.1, -0.05) is 38.5 Å². The minimum atomic E-state index is 0.719. The molecule has 0 aromatic rings. The first kappa shape index (κ1) is 12.4. The Morgan fingerprint density at radius 3 is 1.89 bits per heavy atom. The van der Waals surface area contributed by atoms with Gasteiger partial charge in [0, 0.05) is 18.4 Å². The monoisotopic (exact) mass is 246 g/mol. The van der Waals surface area contributed by atoms with Crippen LogP contribution in [0.2, 0.25) is 0 Å². The average Bonchev–Trinajstić information content (AvgIpc) is 2.95. The van der Waals surface area contributed by atoms with Crippen molar-refractivity contribution in [2.45, 2.75) is 70.3 Å². The average molecular weight is 246 g/mol. The van der Waals surface area contributed by atoms with E-state index in [-0.39, 0.29) is 0 Å². The zero-order valence-electron chi connectivity index (χ0n) is 11.4. The maximum Gasteiger partial charge on any atom is 0.205 e. The summed E-state index contributed by atoms with van der Waals surface area (Å²) >= 11 is 0. The van der Waals surface area contributed by atoms with E-state index in [1.807, 2.05) is 6.20 Å². The standard InChI is InChI=1S/C16H26N2/c1-3-7-14(8-4-1)16(18-12-11-17-13-18)15-9-5-2-6-10-15/h11-12,14-17H,1-10H2. The molecule has 2 fully saturated rings. The van der Waals surface area contributed by atoms with Crippen LogP contribution in [0, 0.1) is 18.5 Å². The Kier molecular flexibility index (Phi) is 4.12. The number of nitrogens with zero attached hydrogens (tertiary/aromatic N) is 1. The SMILES string of the molecule is [C]1NC=CN1C(C1CCCCC1)C1CCCCC1. The minimum Gasteiger partial charge on any atom is -0.360 e. The van der Waals surface area contributed by atoms with E-state index in [0.29, 0.717) is 0 Å². The Hall–Kier alpha value is -0.660. The summed E-state index contributed by atoms with van der Waals surface area (Å²) in [5.41, 5.74) is 0. The van der Waals surface area contributed by atoms with Gasteiger partial charge in [-0.25, -0.2) is 0 Å². The summed E-state index contributed by atoms with van der Waals surface area (Å²) in [7, 11) is 0. The fourth-order valence-electron chi connectivity index (χ4n) is 4.23. The lowest BCUT2D eigenvalue weighted by molar-refractivity contribution is 0.108. The summed E-state index contributed by atoms with van der Waals surface area (Å²) in [5.74, 6) is 1.80. The largest absolute Gasteiger partial charge is 0.360 e. The Morgan fingerprint density at radius 1 is 0.889 bits per heavy atom. The fourth-order valence-corrected chi connectivity index (χ4v) is 4.23. The Morgan fingerprint density at radius 2 is 1.44 bits per heavy atom. The van der Waals surface area contributed by atoms with E-state index in [9.17, 15) is 0 Å². The Bertz CT molecular complexity index is 257. The van der Waals surface area contributed by atoms with Gasteiger partial charge in [-0.05, 0) is 37.5 Å². The fraction of sp³-hybridized carbons (Fsp3) is 0.812. The second-order valence-electron chi connectivity index (χ2n) is 6.27. The van der Waals surface area contributed by atoms with Gasteiger partial charge < -0.3 is 10.2 Å². The molecule has 0 unspecified atom stereocenters. The molecule has 0 bridgehead atoms. The van der Waals surface area contributed by atoms with Gasteiger partial charge in [-0.15, -0.1) is 0 Å². The molecule has 0 aromatic heterocycles. The molecular formula is C16H26N2. The van der Waals surface area contributed by atoms with Gasteiger partial charge in [0.1, 0.15) is 0 Å². The molecule has 18 heavy (non-hydrogen) atoms. The molecule has 3 aliphatic rings. The second-order valence-corrected chi connectivity index (χ2v) is 6.27. The van der Waals surface area contributed by atoms with Crippen LogP contribution < -0.4 is 5.32 Å². The molecule has 3 rings (SSSR count). The number of hydrogen-bond acceptors (Lipinski definition) is 2. The second kappa shape index (κ2) is 5.99. The predicted molar refractivity (Wildman–Crippen MR) is 74.3 cm³/mol. The molecular weight excluding hydrogens is 220 g/mol. The van der Waals surface area contributed by atoms with Gasteiger partial charge >= 0.3 is 0 Å². The van der Waals surface area contributed by atoms with Crippen molar-refractivity contribution in [2.24, 2.45) is 11.8 Å². The maximum atomic E-state index is 3.32. The van der Waals surface area contributed by atoms with E-state index < -0.39 is 0 Å². The minimum absolute atomic E-state index is 0.719. The van der Waals surface area contributed by atoms with Crippen LogP contribution >= 0.6 is 0 Å². The number of hydrogen-bond donors (Lipinski definition) is 1. The molecule has 0 aromatic carbocycles. The number of rotatable bonds is 3. The Labute approximate surface area is 112 Å². The van der Waals surface area contributed by atoms with E-state index in [1.54, 1.807) is 0 Å². The van der Waals surface area contributed by atoms with Crippen LogP contribution in [0.4, 0.5) is 0 Å². The zero-order valence-corrected chi connectivity index (χ0v) is 11.4. The molecule has 2 nitrogen and oxygen atoms in total. The lowest BCUT2D eigenvalue weighted by Gasteiger charge is -2.42. The highest BCUT2D eigenvalue weighted by atomic mass is 15.3. The molecule has 0 atom stereocenters. The highest BCUT2D eigenvalue weighted by molar-refractivity contribution is 5.01. The van der Waals surface area contributed by atoms with Crippen molar-refractivity contribution in [3.05, 3.63) is 19.1 Å². The van der Waals surface area contributed by atoms with Gasteiger partial charge in [0.25, 0.3) is 0 Å². The summed E-state index contributed by atoms with van der Waals surface area (Å²) in [6.45, 7) is 3.32. The van der Waals surface area contributed by atoms with Crippen LogP contribution in [0.1, 0.15) is 64.2 Å². The quantitative estimate of drug-likeness (QED) is 0.812. The molecule has 1 N–H and O–H groups in total. The highest BCUT2D eigenvalue weighted by Gasteiger charge is 2.35. The lowest BCUT2D eigenvalue weighted by Crippen LogP contribution is -2.43. The van der Waals surface area contributed by atoms with Crippen LogP contribution in [0.25, 0.3) is 0 Å². The third-order valence-electron chi connectivity index (χ3n) is 5.10. The van der Waals surface area contributed by atoms with E-state index >= 15 is 0 Å². The van der Waals surface area contributed by atoms with Crippen molar-refractivity contribution in [1.82, 2.24) is 10.2 Å². The normalized spacial score (nSPS) is 26.8. The molecule has 100 valence electrons. The first-order valence-electron chi connectivity index (χ1n) is 7.91. The molecule has 0 amide bonds. The van der Waals surface area contributed by atoms with Gasteiger partial charge in [0.15, 0.2) is 0 Å². The van der Waals surface area contributed by atoms with Crippen molar-refractivity contribution >= 4 is 0 Å². The summed E-state index contributed by atoms with van der Waals surface area (Å²) in [6, 6.07) is 0.719. The van der Waals surface area contributed by atoms with Crippen LogP contribution in [0.15, 0.2) is 12.4 Å². The van der Waals surface area contributed by atoms with Gasteiger partial charge in [-0.3, -0.25) is 0 Å². The summed E-state index contributed by atoms with van der Waals surface area (Å²) < 4.78 is 0. The summed E-state index contributed by atoms with van der Waals surface area (Å²) in [4.78, 5) is 2.37. The van der Waals surface area contributed by atoms with Crippen LogP contribution in [-0.4, -0.2) is 10.9 Å². The van der Waals surface area contributed by atoms with E-state index in [0.717, 1.165) is 17.9 Å². The molecule has 0 saturated heterocycles. The summed E-state index contributed by atoms with van der Waals surface area (Å²) in [6.07, 6.45) is 18.7. The topological polar surface area (TPSA) is 15.3 Å². The molecule has 0 spiro atoms. The van der Waals surface area contributed by atoms with Crippen LogP contribution in [0.5, 0.6) is 0 Å². The van der Waals surface area contributed by atoms with Gasteiger partial charge in [0.05, 0.1) is 0 Å². The van der Waals surface area contributed by atoms with Gasteiger partial charge in [-0.2, -0.15) is 0 Å². The number of nitrogens with one attached hydrogen (secondary N) is 1. The first-order valence-corrected chi connectivity index (χ1v) is 7.91. The predicted octanol–water partition coefficient (Wildman–Crippen LogP) is 3.89. The van der Waals surface area contributed by atoms with Crippen molar-refractivity contribution in [3.63, 3.8) is 0 Å². The molecule has 2 aliphatic carbocycles. The zero-order chi connectivity index (χ0) is 12.2. The first-order chi connectivity index (χ1) is 8.95. The van der Waals surface area contributed by atoms with Gasteiger partial charge in [0.2, 0.25) is 6.67 Å². The van der Waals surface area contributed by atoms with Crippen molar-refractivity contribution in [1.29, 1.82) is 0 Å². The van der Waals surface area contributed by atoms with E-state index in [1.165, 1.54) is 64.2 Å². The molecule has 1 aliphatic heterocycles. The molecule has 1 heterocycles. The molecule has 2 saturated carbocycles. The van der Waals surface area contributed by atoms with Crippen molar-refractivity contribution in [3.8, 4) is 0 Å². The third-order valence-corrected chi connectivity index (χ3v) is 5.10. The summed E-state index contributed by atoms with van der Waals surface area (Å²) in [5, 5.41) is 3.13. The highest BCUT2D eigenvalue weighted by Crippen LogP contribution is 2.39. The van der Waals surface area contributed by atoms with E-state index in [2.05, 4.69) is 23.1 Å². The van der Waals surface area contributed by atoms with E-state index in [4.69, 9.17) is 0 Å². The lowest BCUT2D eigenvalue weighted by atomic mass is 9.73. The smallest absolute Gasteiger partial charge is 0.205 e. The van der Waals surface area contributed by atoms with Crippen molar-refractivity contribution in [2.75, 3.05) is 0 Å². The van der Waals surface area contributed by atoms with Crippen LogP contribution in [-0.2, 0) is 0 Å². The molecule has 2 heteroatoms.